The zero-order valence-corrected chi connectivity index (χ0v) is 17.1. The van der Waals surface area contributed by atoms with Crippen molar-refractivity contribution in [1.29, 1.82) is 0 Å². The van der Waals surface area contributed by atoms with Crippen molar-refractivity contribution in [1.82, 2.24) is 19.5 Å². The Hall–Kier alpha value is -3.22. The molecule has 2 aromatic carbocycles. The van der Waals surface area contributed by atoms with Gasteiger partial charge in [-0.2, -0.15) is 4.98 Å². The summed E-state index contributed by atoms with van der Waals surface area (Å²) in [5.74, 6) is 0.594. The summed E-state index contributed by atoms with van der Waals surface area (Å²) in [6.07, 6.45) is 0. The van der Waals surface area contributed by atoms with Crippen molar-refractivity contribution in [3.05, 3.63) is 77.9 Å². The highest BCUT2D eigenvalue weighted by molar-refractivity contribution is 5.65. The van der Waals surface area contributed by atoms with Crippen LogP contribution in [0.3, 0.4) is 0 Å². The third-order valence-corrected chi connectivity index (χ3v) is 5.39. The smallest absolute Gasteiger partial charge is 0.247 e. The maximum Gasteiger partial charge on any atom is 0.247 e. The predicted molar refractivity (Wildman–Crippen MR) is 119 cm³/mol. The molecule has 0 saturated carbocycles. The lowest BCUT2D eigenvalue weighted by atomic mass is 10.1. The summed E-state index contributed by atoms with van der Waals surface area (Å²) in [6, 6.07) is 23.0. The van der Waals surface area contributed by atoms with Crippen LogP contribution >= 0.6 is 0 Å². The highest BCUT2D eigenvalue weighted by Crippen LogP contribution is 2.23. The Labute approximate surface area is 176 Å². The average molecular weight is 399 g/mol. The van der Waals surface area contributed by atoms with Gasteiger partial charge in [-0.1, -0.05) is 42.0 Å². The normalized spacial score (nSPS) is 14.8. The number of ether oxygens (including phenoxy) is 1. The van der Waals surface area contributed by atoms with Crippen LogP contribution in [0.15, 0.2) is 66.7 Å². The third-order valence-electron chi connectivity index (χ3n) is 5.39. The summed E-state index contributed by atoms with van der Waals surface area (Å²) in [6.45, 7) is 6.69. The first kappa shape index (κ1) is 18.8. The van der Waals surface area contributed by atoms with E-state index in [0.717, 1.165) is 55.4 Å². The number of aryl methyl sites for hydroxylation is 1. The van der Waals surface area contributed by atoms with E-state index in [-0.39, 0.29) is 0 Å². The molecule has 1 fully saturated rings. The molecule has 6 heteroatoms. The first-order chi connectivity index (χ1) is 14.7. The molecule has 6 nitrogen and oxygen atoms in total. The van der Waals surface area contributed by atoms with Gasteiger partial charge in [0.15, 0.2) is 5.65 Å². The number of fused-ring (bicyclic) bond motifs is 1. The van der Waals surface area contributed by atoms with E-state index >= 15 is 0 Å². The van der Waals surface area contributed by atoms with Crippen LogP contribution in [-0.4, -0.2) is 45.8 Å². The number of hydrogen-bond donors (Lipinski definition) is 1. The van der Waals surface area contributed by atoms with Crippen molar-refractivity contribution in [2.75, 3.05) is 31.6 Å². The third kappa shape index (κ3) is 4.06. The van der Waals surface area contributed by atoms with Gasteiger partial charge in [-0.15, -0.1) is 5.10 Å². The highest BCUT2D eigenvalue weighted by atomic mass is 16.5. The van der Waals surface area contributed by atoms with E-state index in [0.29, 0.717) is 5.95 Å². The minimum atomic E-state index is 0.594. The largest absolute Gasteiger partial charge is 0.379 e. The van der Waals surface area contributed by atoms with Gasteiger partial charge in [0, 0.05) is 30.9 Å². The Morgan fingerprint density at radius 2 is 1.77 bits per heavy atom. The van der Waals surface area contributed by atoms with Crippen LogP contribution in [0, 0.1) is 6.92 Å². The molecule has 0 radical (unpaired) electrons. The zero-order valence-electron chi connectivity index (χ0n) is 17.1. The Morgan fingerprint density at radius 3 is 2.57 bits per heavy atom. The lowest BCUT2D eigenvalue weighted by molar-refractivity contribution is 0.0342. The molecule has 1 aliphatic heterocycles. The van der Waals surface area contributed by atoms with Gasteiger partial charge in [-0.05, 0) is 42.8 Å². The average Bonchev–Trinajstić information content (AvgIpc) is 3.18. The minimum absolute atomic E-state index is 0.594. The molecule has 1 N–H and O–H groups in total. The van der Waals surface area contributed by atoms with Crippen LogP contribution in [0.5, 0.6) is 0 Å². The van der Waals surface area contributed by atoms with Crippen molar-refractivity contribution in [3.63, 3.8) is 0 Å². The topological polar surface area (TPSA) is 54.7 Å². The molecule has 2 aromatic heterocycles. The summed E-state index contributed by atoms with van der Waals surface area (Å²) in [4.78, 5) is 7.07. The SMILES string of the molecule is Cc1cccc(-c2cccc3nc(Nc4ccc(CN5CCOCC5)cc4)nn23)c1. The first-order valence-corrected chi connectivity index (χ1v) is 10.3. The van der Waals surface area contributed by atoms with Crippen LogP contribution in [0.4, 0.5) is 11.6 Å². The number of benzene rings is 2. The number of pyridine rings is 1. The van der Waals surface area contributed by atoms with Gasteiger partial charge in [-0.25, -0.2) is 4.52 Å². The molecule has 0 amide bonds. The predicted octanol–water partition coefficient (Wildman–Crippen LogP) is 4.28. The van der Waals surface area contributed by atoms with Gasteiger partial charge in [0.2, 0.25) is 5.95 Å². The van der Waals surface area contributed by atoms with Gasteiger partial charge < -0.3 is 10.1 Å². The molecule has 0 unspecified atom stereocenters. The van der Waals surface area contributed by atoms with E-state index in [2.05, 4.69) is 76.7 Å². The lowest BCUT2D eigenvalue weighted by Gasteiger charge is -2.26. The summed E-state index contributed by atoms with van der Waals surface area (Å²) in [7, 11) is 0. The van der Waals surface area contributed by atoms with Crippen LogP contribution < -0.4 is 5.32 Å². The summed E-state index contributed by atoms with van der Waals surface area (Å²) in [5.41, 5.74) is 6.48. The quantitative estimate of drug-likeness (QED) is 0.543. The summed E-state index contributed by atoms with van der Waals surface area (Å²) >= 11 is 0. The molecular weight excluding hydrogens is 374 g/mol. The number of aromatic nitrogens is 3. The van der Waals surface area contributed by atoms with Gasteiger partial charge in [0.1, 0.15) is 0 Å². The Bertz CT molecular complexity index is 1150. The van der Waals surface area contributed by atoms with E-state index in [1.807, 2.05) is 16.6 Å². The number of anilines is 2. The molecule has 0 bridgehead atoms. The number of nitrogens with one attached hydrogen (secondary N) is 1. The molecule has 152 valence electrons. The van der Waals surface area contributed by atoms with E-state index in [9.17, 15) is 0 Å². The second-order valence-corrected chi connectivity index (χ2v) is 7.70. The Kier molecular flexibility index (Phi) is 5.17. The van der Waals surface area contributed by atoms with Crippen molar-refractivity contribution < 1.29 is 4.74 Å². The highest BCUT2D eigenvalue weighted by Gasteiger charge is 2.11. The molecule has 5 rings (SSSR count). The van der Waals surface area contributed by atoms with Crippen molar-refractivity contribution in [3.8, 4) is 11.3 Å². The Balaban J connectivity index is 1.35. The fraction of sp³-hybridized carbons (Fsp3) is 0.250. The van der Waals surface area contributed by atoms with E-state index in [1.165, 1.54) is 11.1 Å². The molecule has 0 atom stereocenters. The maximum atomic E-state index is 5.42. The van der Waals surface area contributed by atoms with Crippen LogP contribution in [0.1, 0.15) is 11.1 Å². The molecular formula is C24H25N5O. The molecule has 1 aliphatic rings. The monoisotopic (exact) mass is 399 g/mol. The molecule has 0 aliphatic carbocycles. The van der Waals surface area contributed by atoms with Crippen molar-refractivity contribution >= 4 is 17.3 Å². The number of hydrogen-bond acceptors (Lipinski definition) is 5. The number of nitrogens with zero attached hydrogens (tertiary/aromatic N) is 4. The van der Waals surface area contributed by atoms with Gasteiger partial charge >= 0.3 is 0 Å². The minimum Gasteiger partial charge on any atom is -0.379 e. The van der Waals surface area contributed by atoms with Gasteiger partial charge in [-0.3, -0.25) is 4.90 Å². The van der Waals surface area contributed by atoms with Crippen LogP contribution in [-0.2, 0) is 11.3 Å². The van der Waals surface area contributed by atoms with E-state index in [1.54, 1.807) is 0 Å². The van der Waals surface area contributed by atoms with E-state index in [4.69, 9.17) is 9.84 Å². The standard InChI is InChI=1S/C24H25N5O/c1-18-4-2-5-20(16-18)22-6-3-7-23-26-24(27-29(22)23)25-21-10-8-19(9-11-21)17-28-12-14-30-15-13-28/h2-11,16H,12-15,17H2,1H3,(H,25,27). The Morgan fingerprint density at radius 1 is 0.967 bits per heavy atom. The first-order valence-electron chi connectivity index (χ1n) is 10.3. The van der Waals surface area contributed by atoms with E-state index < -0.39 is 0 Å². The van der Waals surface area contributed by atoms with Gasteiger partial charge in [0.05, 0.1) is 18.9 Å². The van der Waals surface area contributed by atoms with Gasteiger partial charge in [0.25, 0.3) is 0 Å². The zero-order chi connectivity index (χ0) is 20.3. The number of morpholine rings is 1. The molecule has 30 heavy (non-hydrogen) atoms. The van der Waals surface area contributed by atoms with Crippen LogP contribution in [0.25, 0.3) is 16.9 Å². The summed E-state index contributed by atoms with van der Waals surface area (Å²) < 4.78 is 7.32. The maximum absolute atomic E-state index is 5.42. The number of rotatable bonds is 5. The summed E-state index contributed by atoms with van der Waals surface area (Å²) in [5, 5.41) is 8.04. The fourth-order valence-electron chi connectivity index (χ4n) is 3.82. The van der Waals surface area contributed by atoms with Crippen molar-refractivity contribution in [2.24, 2.45) is 0 Å². The molecule has 0 spiro atoms. The van der Waals surface area contributed by atoms with Crippen molar-refractivity contribution in [2.45, 2.75) is 13.5 Å². The molecule has 4 aromatic rings. The fourth-order valence-corrected chi connectivity index (χ4v) is 3.82. The molecule has 3 heterocycles. The second kappa shape index (κ2) is 8.26. The molecule has 1 saturated heterocycles. The van der Waals surface area contributed by atoms with Crippen LogP contribution in [0.2, 0.25) is 0 Å². The lowest BCUT2D eigenvalue weighted by Crippen LogP contribution is -2.35. The second-order valence-electron chi connectivity index (χ2n) is 7.70.